The predicted molar refractivity (Wildman–Crippen MR) is 113 cm³/mol. The van der Waals surface area contributed by atoms with Crippen molar-refractivity contribution in [2.45, 2.75) is 43.5 Å². The van der Waals surface area contributed by atoms with Crippen LogP contribution in [0.1, 0.15) is 36.2 Å². The second-order valence-electron chi connectivity index (χ2n) is 7.31. The molecule has 154 valence electrons. The molecule has 0 bridgehead atoms. The van der Waals surface area contributed by atoms with E-state index in [4.69, 9.17) is 10.3 Å². The number of nitrogens with two attached hydrogens (primary N) is 1. The Bertz CT molecular complexity index is 1120. The lowest BCUT2D eigenvalue weighted by atomic mass is 9.77. The van der Waals surface area contributed by atoms with Gasteiger partial charge >= 0.3 is 0 Å². The van der Waals surface area contributed by atoms with Gasteiger partial charge in [-0.25, -0.2) is 8.42 Å². The second kappa shape index (κ2) is 7.78. The first-order valence-electron chi connectivity index (χ1n) is 9.11. The molecule has 1 aliphatic rings. The molecule has 2 aromatic carbocycles. The van der Waals surface area contributed by atoms with Gasteiger partial charge in [-0.05, 0) is 74.6 Å². The minimum atomic E-state index is -3.70. The molecule has 4 rings (SSSR count). The fourth-order valence-corrected chi connectivity index (χ4v) is 4.29. The number of anilines is 1. The molecule has 1 heterocycles. The molecular weight excluding hydrogens is 412 g/mol. The molecule has 3 aromatic rings. The third kappa shape index (κ3) is 4.01. The zero-order chi connectivity index (χ0) is 19.9. The molecule has 1 fully saturated rings. The standard InChI is InChI=1S/C20H22N4O3S.ClH/c1-13-5-3-6-17(14(13)2)24-28(25,26)16-9-7-15(8-10-16)18-22-19(23-27-18)20(21)11-4-12-20;/h3,5-10,24H,4,11-12,21H2,1-2H3;1H. The Morgan fingerprint density at radius 1 is 1.10 bits per heavy atom. The quantitative estimate of drug-likeness (QED) is 0.629. The van der Waals surface area contributed by atoms with Gasteiger partial charge in [-0.15, -0.1) is 12.4 Å². The van der Waals surface area contributed by atoms with E-state index in [2.05, 4.69) is 14.9 Å². The average molecular weight is 435 g/mol. The maximum Gasteiger partial charge on any atom is 0.261 e. The summed E-state index contributed by atoms with van der Waals surface area (Å²) in [7, 11) is -3.70. The van der Waals surface area contributed by atoms with E-state index < -0.39 is 15.6 Å². The SMILES string of the molecule is Cc1cccc(NS(=O)(=O)c2ccc(-c3nc(C4(N)CCC4)no3)cc2)c1C.Cl. The number of rotatable bonds is 5. The molecule has 3 N–H and O–H groups in total. The highest BCUT2D eigenvalue weighted by atomic mass is 35.5. The molecule has 0 radical (unpaired) electrons. The zero-order valence-corrected chi connectivity index (χ0v) is 17.8. The van der Waals surface area contributed by atoms with Crippen LogP contribution in [-0.2, 0) is 15.6 Å². The predicted octanol–water partition coefficient (Wildman–Crippen LogP) is 3.91. The van der Waals surface area contributed by atoms with Crippen LogP contribution in [0.4, 0.5) is 5.69 Å². The summed E-state index contributed by atoms with van der Waals surface area (Å²) in [6.45, 7) is 3.82. The number of halogens is 1. The van der Waals surface area contributed by atoms with Gasteiger partial charge in [0.25, 0.3) is 15.9 Å². The van der Waals surface area contributed by atoms with Crippen LogP contribution < -0.4 is 10.5 Å². The van der Waals surface area contributed by atoms with E-state index in [0.29, 0.717) is 23.0 Å². The number of hydrogen-bond acceptors (Lipinski definition) is 6. The number of nitrogens with one attached hydrogen (secondary N) is 1. The van der Waals surface area contributed by atoms with E-state index in [1.807, 2.05) is 26.0 Å². The molecule has 0 spiro atoms. The number of nitrogens with zero attached hydrogens (tertiary/aromatic N) is 2. The first-order valence-corrected chi connectivity index (χ1v) is 10.6. The molecule has 9 heteroatoms. The fourth-order valence-electron chi connectivity index (χ4n) is 3.17. The number of aromatic nitrogens is 2. The van der Waals surface area contributed by atoms with Crippen molar-refractivity contribution in [1.29, 1.82) is 0 Å². The van der Waals surface area contributed by atoms with Crippen molar-refractivity contribution in [3.63, 3.8) is 0 Å². The molecular formula is C20H23ClN4O3S. The molecule has 1 aromatic heterocycles. The Hall–Kier alpha value is -2.42. The van der Waals surface area contributed by atoms with Gasteiger partial charge in [0, 0.05) is 5.56 Å². The van der Waals surface area contributed by atoms with Crippen molar-refractivity contribution in [1.82, 2.24) is 10.1 Å². The van der Waals surface area contributed by atoms with Gasteiger partial charge in [-0.2, -0.15) is 4.98 Å². The summed E-state index contributed by atoms with van der Waals surface area (Å²) < 4.78 is 33.4. The van der Waals surface area contributed by atoms with Gasteiger partial charge in [0.15, 0.2) is 5.82 Å². The van der Waals surface area contributed by atoms with E-state index in [9.17, 15) is 8.42 Å². The zero-order valence-electron chi connectivity index (χ0n) is 16.2. The highest BCUT2D eigenvalue weighted by Gasteiger charge is 2.39. The summed E-state index contributed by atoms with van der Waals surface area (Å²) in [5.74, 6) is 0.834. The van der Waals surface area contributed by atoms with Crippen molar-refractivity contribution >= 4 is 28.1 Å². The normalized spacial score (nSPS) is 15.3. The first kappa shape index (κ1) is 21.3. The van der Waals surface area contributed by atoms with Gasteiger partial charge in [-0.1, -0.05) is 17.3 Å². The molecule has 1 saturated carbocycles. The largest absolute Gasteiger partial charge is 0.334 e. The summed E-state index contributed by atoms with van der Waals surface area (Å²) in [4.78, 5) is 4.55. The van der Waals surface area contributed by atoms with Crippen molar-refractivity contribution in [2.24, 2.45) is 5.73 Å². The van der Waals surface area contributed by atoms with Crippen LogP contribution in [0.3, 0.4) is 0 Å². The minimum Gasteiger partial charge on any atom is -0.334 e. The lowest BCUT2D eigenvalue weighted by Crippen LogP contribution is -2.44. The summed E-state index contributed by atoms with van der Waals surface area (Å²) >= 11 is 0. The molecule has 0 amide bonds. The highest BCUT2D eigenvalue weighted by Crippen LogP contribution is 2.37. The molecule has 0 unspecified atom stereocenters. The molecule has 7 nitrogen and oxygen atoms in total. The molecule has 0 atom stereocenters. The molecule has 0 aliphatic heterocycles. The van der Waals surface area contributed by atoms with E-state index >= 15 is 0 Å². The monoisotopic (exact) mass is 434 g/mol. The third-order valence-corrected chi connectivity index (χ3v) is 6.76. The van der Waals surface area contributed by atoms with Crippen molar-refractivity contribution < 1.29 is 12.9 Å². The summed E-state index contributed by atoms with van der Waals surface area (Å²) in [6.07, 6.45) is 2.74. The molecule has 29 heavy (non-hydrogen) atoms. The summed E-state index contributed by atoms with van der Waals surface area (Å²) in [5.41, 5.74) is 8.85. The van der Waals surface area contributed by atoms with Crippen LogP contribution in [0.5, 0.6) is 0 Å². The van der Waals surface area contributed by atoms with Crippen LogP contribution >= 0.6 is 12.4 Å². The van der Waals surface area contributed by atoms with Gasteiger partial charge in [0.1, 0.15) is 0 Å². The van der Waals surface area contributed by atoms with Crippen LogP contribution in [0.2, 0.25) is 0 Å². The van der Waals surface area contributed by atoms with Gasteiger partial charge in [0.05, 0.1) is 16.1 Å². The van der Waals surface area contributed by atoms with Gasteiger partial charge < -0.3 is 10.3 Å². The summed E-state index contributed by atoms with van der Waals surface area (Å²) in [5, 5.41) is 3.99. The van der Waals surface area contributed by atoms with Crippen LogP contribution in [-0.4, -0.2) is 18.6 Å². The Kier molecular flexibility index (Phi) is 5.71. The van der Waals surface area contributed by atoms with Crippen LogP contribution in [0.25, 0.3) is 11.5 Å². The number of sulfonamides is 1. The Balaban J connectivity index is 0.00000240. The third-order valence-electron chi connectivity index (χ3n) is 5.38. The van der Waals surface area contributed by atoms with Crippen LogP contribution in [0.15, 0.2) is 51.9 Å². The average Bonchev–Trinajstić information content (AvgIpc) is 3.14. The maximum atomic E-state index is 12.7. The smallest absolute Gasteiger partial charge is 0.261 e. The Labute approximate surface area is 176 Å². The lowest BCUT2D eigenvalue weighted by Gasteiger charge is -2.34. The first-order chi connectivity index (χ1) is 13.3. The summed E-state index contributed by atoms with van der Waals surface area (Å²) in [6, 6.07) is 11.9. The minimum absolute atomic E-state index is 0. The highest BCUT2D eigenvalue weighted by molar-refractivity contribution is 7.92. The molecule has 0 saturated heterocycles. The van der Waals surface area contributed by atoms with Crippen molar-refractivity contribution in [3.8, 4) is 11.5 Å². The van der Waals surface area contributed by atoms with E-state index in [-0.39, 0.29) is 17.3 Å². The fraction of sp³-hybridized carbons (Fsp3) is 0.300. The van der Waals surface area contributed by atoms with Gasteiger partial charge in [0.2, 0.25) is 0 Å². The molecule has 1 aliphatic carbocycles. The van der Waals surface area contributed by atoms with Gasteiger partial charge in [-0.3, -0.25) is 4.72 Å². The second-order valence-corrected chi connectivity index (χ2v) is 8.99. The van der Waals surface area contributed by atoms with E-state index in [1.165, 1.54) is 12.1 Å². The lowest BCUT2D eigenvalue weighted by molar-refractivity contribution is 0.229. The number of aryl methyl sites for hydroxylation is 1. The van der Waals surface area contributed by atoms with Crippen molar-refractivity contribution in [3.05, 3.63) is 59.4 Å². The topological polar surface area (TPSA) is 111 Å². The number of benzene rings is 2. The number of hydrogen-bond donors (Lipinski definition) is 2. The Morgan fingerprint density at radius 2 is 1.79 bits per heavy atom. The van der Waals surface area contributed by atoms with Crippen LogP contribution in [0, 0.1) is 13.8 Å². The maximum absolute atomic E-state index is 12.7. The van der Waals surface area contributed by atoms with E-state index in [0.717, 1.165) is 30.4 Å². The van der Waals surface area contributed by atoms with E-state index in [1.54, 1.807) is 18.2 Å². The Morgan fingerprint density at radius 3 is 2.41 bits per heavy atom. The van der Waals surface area contributed by atoms with Crippen molar-refractivity contribution in [2.75, 3.05) is 4.72 Å².